The van der Waals surface area contributed by atoms with Crippen LogP contribution in [0.3, 0.4) is 0 Å². The molecule has 1 heterocycles. The minimum Gasteiger partial charge on any atom is -0.368 e. The van der Waals surface area contributed by atoms with Crippen LogP contribution in [0.2, 0.25) is 0 Å². The Hall–Kier alpha value is -1.05. The van der Waals surface area contributed by atoms with Crippen molar-refractivity contribution in [3.05, 3.63) is 23.4 Å². The Morgan fingerprint density at radius 3 is 2.29 bits per heavy atom. The highest BCUT2D eigenvalue weighted by Gasteiger charge is 2.05. The van der Waals surface area contributed by atoms with Gasteiger partial charge in [0.2, 0.25) is 0 Å². The van der Waals surface area contributed by atoms with Crippen molar-refractivity contribution in [1.29, 1.82) is 0 Å². The molecule has 0 bridgehead atoms. The number of hydrogen-bond donors (Lipinski definition) is 1. The third kappa shape index (κ3) is 2.72. The van der Waals surface area contributed by atoms with E-state index in [1.165, 1.54) is 11.1 Å². The van der Waals surface area contributed by atoms with Gasteiger partial charge in [0.15, 0.2) is 0 Å². The minimum atomic E-state index is 0.437. The Morgan fingerprint density at radius 2 is 1.86 bits per heavy atom. The van der Waals surface area contributed by atoms with Crippen molar-refractivity contribution < 1.29 is 0 Å². The highest BCUT2D eigenvalue weighted by Crippen LogP contribution is 2.20. The highest BCUT2D eigenvalue weighted by molar-refractivity contribution is 5.41. The SMILES string of the molecule is Cc1cc(NC(C)C)ncc1C(C)C. The number of hydrogen-bond acceptors (Lipinski definition) is 2. The zero-order valence-electron chi connectivity index (χ0n) is 9.76. The fraction of sp³-hybridized carbons (Fsp3) is 0.583. The third-order valence-corrected chi connectivity index (χ3v) is 2.21. The fourth-order valence-corrected chi connectivity index (χ4v) is 1.55. The van der Waals surface area contributed by atoms with Gasteiger partial charge in [0, 0.05) is 12.2 Å². The van der Waals surface area contributed by atoms with Crippen LogP contribution >= 0.6 is 0 Å². The molecule has 0 aromatic carbocycles. The smallest absolute Gasteiger partial charge is 0.126 e. The summed E-state index contributed by atoms with van der Waals surface area (Å²) < 4.78 is 0. The quantitative estimate of drug-likeness (QED) is 0.794. The molecule has 1 N–H and O–H groups in total. The van der Waals surface area contributed by atoms with Crippen molar-refractivity contribution in [2.45, 2.75) is 46.6 Å². The van der Waals surface area contributed by atoms with E-state index in [-0.39, 0.29) is 0 Å². The molecule has 14 heavy (non-hydrogen) atoms. The fourth-order valence-electron chi connectivity index (χ4n) is 1.55. The molecule has 0 aliphatic carbocycles. The summed E-state index contributed by atoms with van der Waals surface area (Å²) in [4.78, 5) is 4.39. The first-order valence-corrected chi connectivity index (χ1v) is 5.23. The monoisotopic (exact) mass is 192 g/mol. The summed E-state index contributed by atoms with van der Waals surface area (Å²) in [6.45, 7) is 10.8. The number of aryl methyl sites for hydroxylation is 1. The minimum absolute atomic E-state index is 0.437. The molecule has 0 spiro atoms. The summed E-state index contributed by atoms with van der Waals surface area (Å²) in [5.74, 6) is 1.53. The molecule has 0 aliphatic rings. The summed E-state index contributed by atoms with van der Waals surface area (Å²) in [6.07, 6.45) is 1.98. The number of aromatic nitrogens is 1. The molecule has 1 aromatic rings. The van der Waals surface area contributed by atoms with Gasteiger partial charge in [-0.2, -0.15) is 0 Å². The number of pyridine rings is 1. The Bertz CT molecular complexity index is 303. The summed E-state index contributed by atoms with van der Waals surface area (Å²) >= 11 is 0. The zero-order chi connectivity index (χ0) is 10.7. The Kier molecular flexibility index (Phi) is 3.50. The standard InChI is InChI=1S/C12H20N2/c1-8(2)11-7-13-12(6-10(11)5)14-9(3)4/h6-9H,1-5H3,(H,13,14). The lowest BCUT2D eigenvalue weighted by molar-refractivity contribution is 0.841. The van der Waals surface area contributed by atoms with Gasteiger partial charge in [-0.1, -0.05) is 13.8 Å². The van der Waals surface area contributed by atoms with Crippen molar-refractivity contribution >= 4 is 5.82 Å². The van der Waals surface area contributed by atoms with Crippen LogP contribution in [-0.4, -0.2) is 11.0 Å². The molecule has 78 valence electrons. The number of nitrogens with zero attached hydrogens (tertiary/aromatic N) is 1. The average Bonchev–Trinajstić information content (AvgIpc) is 2.01. The van der Waals surface area contributed by atoms with E-state index >= 15 is 0 Å². The van der Waals surface area contributed by atoms with E-state index in [0.29, 0.717) is 12.0 Å². The second-order valence-electron chi connectivity index (χ2n) is 4.38. The van der Waals surface area contributed by atoms with Crippen LogP contribution in [0.5, 0.6) is 0 Å². The molecular formula is C12H20N2. The third-order valence-electron chi connectivity index (χ3n) is 2.21. The molecule has 0 amide bonds. The maximum atomic E-state index is 4.39. The van der Waals surface area contributed by atoms with Crippen molar-refractivity contribution in [2.24, 2.45) is 0 Å². The van der Waals surface area contributed by atoms with E-state index in [1.54, 1.807) is 0 Å². The summed E-state index contributed by atoms with van der Waals surface area (Å²) in [7, 11) is 0. The molecule has 1 aromatic heterocycles. The van der Waals surface area contributed by atoms with Crippen LogP contribution in [-0.2, 0) is 0 Å². The van der Waals surface area contributed by atoms with Gasteiger partial charge in [0.05, 0.1) is 0 Å². The molecule has 0 radical (unpaired) electrons. The Labute approximate surface area is 86.8 Å². The van der Waals surface area contributed by atoms with Gasteiger partial charge in [-0.15, -0.1) is 0 Å². The van der Waals surface area contributed by atoms with E-state index < -0.39 is 0 Å². The second kappa shape index (κ2) is 4.45. The van der Waals surface area contributed by atoms with E-state index in [9.17, 15) is 0 Å². The van der Waals surface area contributed by atoms with Crippen molar-refractivity contribution in [3.8, 4) is 0 Å². The van der Waals surface area contributed by atoms with E-state index in [2.05, 4.69) is 51.0 Å². The van der Waals surface area contributed by atoms with Gasteiger partial charge in [0.1, 0.15) is 5.82 Å². The maximum absolute atomic E-state index is 4.39. The molecule has 1 rings (SSSR count). The molecule has 0 unspecified atom stereocenters. The lowest BCUT2D eigenvalue weighted by atomic mass is 10.0. The lowest BCUT2D eigenvalue weighted by Gasteiger charge is -2.13. The summed E-state index contributed by atoms with van der Waals surface area (Å²) in [6, 6.07) is 2.56. The predicted octanol–water partition coefficient (Wildman–Crippen LogP) is 3.33. The molecule has 0 saturated heterocycles. The molecule has 2 heteroatoms. The van der Waals surface area contributed by atoms with E-state index in [1.807, 2.05) is 6.20 Å². The van der Waals surface area contributed by atoms with Gasteiger partial charge in [-0.05, 0) is 43.9 Å². The molecule has 0 saturated carbocycles. The largest absolute Gasteiger partial charge is 0.368 e. The first-order valence-electron chi connectivity index (χ1n) is 5.23. The Morgan fingerprint density at radius 1 is 1.21 bits per heavy atom. The van der Waals surface area contributed by atoms with Crippen LogP contribution in [0.15, 0.2) is 12.3 Å². The maximum Gasteiger partial charge on any atom is 0.126 e. The van der Waals surface area contributed by atoms with Crippen LogP contribution in [0.4, 0.5) is 5.82 Å². The predicted molar refractivity (Wildman–Crippen MR) is 61.8 cm³/mol. The molecular weight excluding hydrogens is 172 g/mol. The van der Waals surface area contributed by atoms with Gasteiger partial charge in [0.25, 0.3) is 0 Å². The summed E-state index contributed by atoms with van der Waals surface area (Å²) in [5, 5.41) is 3.30. The van der Waals surface area contributed by atoms with Crippen LogP contribution < -0.4 is 5.32 Å². The van der Waals surface area contributed by atoms with Crippen LogP contribution in [0.1, 0.15) is 44.7 Å². The number of rotatable bonds is 3. The summed E-state index contributed by atoms with van der Waals surface area (Å²) in [5.41, 5.74) is 2.65. The number of anilines is 1. The zero-order valence-corrected chi connectivity index (χ0v) is 9.76. The first-order chi connectivity index (χ1) is 6.50. The molecule has 0 fully saturated rings. The molecule has 0 aliphatic heterocycles. The van der Waals surface area contributed by atoms with Crippen molar-refractivity contribution in [3.63, 3.8) is 0 Å². The average molecular weight is 192 g/mol. The van der Waals surface area contributed by atoms with Crippen molar-refractivity contribution in [1.82, 2.24) is 4.98 Å². The number of nitrogens with one attached hydrogen (secondary N) is 1. The van der Waals surface area contributed by atoms with Crippen molar-refractivity contribution in [2.75, 3.05) is 5.32 Å². The van der Waals surface area contributed by atoms with E-state index in [0.717, 1.165) is 5.82 Å². The highest BCUT2D eigenvalue weighted by atomic mass is 15.0. The Balaban J connectivity index is 2.89. The molecule has 2 nitrogen and oxygen atoms in total. The van der Waals surface area contributed by atoms with Crippen LogP contribution in [0, 0.1) is 6.92 Å². The first kappa shape index (κ1) is 11.0. The van der Waals surface area contributed by atoms with Gasteiger partial charge in [-0.3, -0.25) is 0 Å². The van der Waals surface area contributed by atoms with Crippen LogP contribution in [0.25, 0.3) is 0 Å². The van der Waals surface area contributed by atoms with Gasteiger partial charge in [-0.25, -0.2) is 4.98 Å². The topological polar surface area (TPSA) is 24.9 Å². The van der Waals surface area contributed by atoms with Gasteiger partial charge >= 0.3 is 0 Å². The normalized spacial score (nSPS) is 11.1. The van der Waals surface area contributed by atoms with Gasteiger partial charge < -0.3 is 5.32 Å². The second-order valence-corrected chi connectivity index (χ2v) is 4.38. The van der Waals surface area contributed by atoms with E-state index in [4.69, 9.17) is 0 Å². The lowest BCUT2D eigenvalue weighted by Crippen LogP contribution is -2.11. The molecule has 0 atom stereocenters.